The van der Waals surface area contributed by atoms with Crippen molar-refractivity contribution >= 4 is 5.97 Å². The molecule has 2 saturated heterocycles. The van der Waals surface area contributed by atoms with Crippen LogP contribution in [0, 0.1) is 0 Å². The van der Waals surface area contributed by atoms with Crippen LogP contribution in [0.3, 0.4) is 0 Å². The lowest BCUT2D eigenvalue weighted by Gasteiger charge is -2.42. The van der Waals surface area contributed by atoms with Crippen LogP contribution in [0.2, 0.25) is 0 Å². The predicted molar refractivity (Wildman–Crippen MR) is 279 cm³/mol. The topological polar surface area (TPSA) is 214 Å². The fourth-order valence-electron chi connectivity index (χ4n) is 7.55. The van der Waals surface area contributed by atoms with E-state index in [-0.39, 0.29) is 19.6 Å². The van der Waals surface area contributed by atoms with Crippen molar-refractivity contribution in [2.24, 2.45) is 0 Å². The highest BCUT2D eigenvalue weighted by Gasteiger charge is 2.47. The van der Waals surface area contributed by atoms with Crippen LogP contribution in [0.15, 0.2) is 109 Å². The average molecular weight is 1000 g/mol. The van der Waals surface area contributed by atoms with Crippen molar-refractivity contribution in [1.82, 2.24) is 0 Å². The lowest BCUT2D eigenvalue weighted by Crippen LogP contribution is -2.61. The minimum Gasteiger partial charge on any atom is -0.457 e. The van der Waals surface area contributed by atoms with Gasteiger partial charge in [-0.25, -0.2) is 0 Å². The fraction of sp³-hybridized carbons (Fsp3) is 0.667. The second-order valence-corrected chi connectivity index (χ2v) is 17.9. The molecule has 2 aliphatic rings. The van der Waals surface area contributed by atoms with Crippen molar-refractivity contribution in [2.75, 3.05) is 33.0 Å². The zero-order chi connectivity index (χ0) is 51.6. The zero-order valence-corrected chi connectivity index (χ0v) is 42.9. The minimum atomic E-state index is -1.73. The maximum atomic E-state index is 13.0. The van der Waals surface area contributed by atoms with Crippen molar-refractivity contribution in [1.29, 1.82) is 0 Å². The summed E-state index contributed by atoms with van der Waals surface area (Å²) in [5, 5.41) is 72.2. The van der Waals surface area contributed by atoms with Crippen LogP contribution >= 0.6 is 0 Å². The predicted octanol–water partition coefficient (Wildman–Crippen LogP) is 8.40. The Balaban J connectivity index is 1.77. The zero-order valence-electron chi connectivity index (χ0n) is 42.9. The smallest absolute Gasteiger partial charge is 0.306 e. The van der Waals surface area contributed by atoms with Crippen molar-refractivity contribution in [3.05, 3.63) is 109 Å². The number of hydrogen-bond donors (Lipinski definition) is 7. The quantitative estimate of drug-likeness (QED) is 0.0175. The molecule has 0 aromatic carbocycles. The van der Waals surface area contributed by atoms with E-state index < -0.39 is 86.7 Å². The van der Waals surface area contributed by atoms with E-state index >= 15 is 0 Å². The number of esters is 1. The second kappa shape index (κ2) is 43.1. The molecule has 14 nitrogen and oxygen atoms in total. The monoisotopic (exact) mass is 1000 g/mol. The van der Waals surface area contributed by atoms with E-state index in [0.29, 0.717) is 13.0 Å². The molecule has 0 saturated carbocycles. The molecule has 0 amide bonds. The summed E-state index contributed by atoms with van der Waals surface area (Å²) in [7, 11) is 0. The lowest BCUT2D eigenvalue weighted by atomic mass is 9.98. The van der Waals surface area contributed by atoms with Gasteiger partial charge in [0, 0.05) is 13.0 Å². The Labute approximate surface area is 425 Å². The number of carbonyl (C=O) groups is 1. The summed E-state index contributed by atoms with van der Waals surface area (Å²) in [4.78, 5) is 13.0. The lowest BCUT2D eigenvalue weighted by molar-refractivity contribution is -0.332. The molecule has 2 aliphatic heterocycles. The SMILES string of the molecule is CC/C=C\C/C=C\C/C=C\C/C=C\C/C=C\CCCCCCCCCC(=O)OC(COCCC/C=C\C/C=C\C/C=C\C/C=C\CC)COC1OC(COC2OC(CO)C(O)C(O)C2O)C(O)C(O)C1O. The van der Waals surface area contributed by atoms with Crippen molar-refractivity contribution < 1.29 is 69.0 Å². The number of allylic oxidation sites excluding steroid dienone is 18. The molecular formula is C57H92O14. The summed E-state index contributed by atoms with van der Waals surface area (Å²) in [5.41, 5.74) is 0. The molecule has 0 aromatic heterocycles. The molecule has 11 unspecified atom stereocenters. The van der Waals surface area contributed by atoms with Crippen LogP contribution in [0.1, 0.15) is 142 Å². The molecule has 0 spiro atoms. The van der Waals surface area contributed by atoms with Gasteiger partial charge in [0.2, 0.25) is 0 Å². The van der Waals surface area contributed by atoms with Crippen molar-refractivity contribution in [3.8, 4) is 0 Å². The molecule has 14 heteroatoms. The molecule has 0 aromatic rings. The van der Waals surface area contributed by atoms with E-state index in [2.05, 4.69) is 123 Å². The second-order valence-electron chi connectivity index (χ2n) is 17.9. The normalized spacial score (nSPS) is 26.2. The Morgan fingerprint density at radius 3 is 1.37 bits per heavy atom. The van der Waals surface area contributed by atoms with Gasteiger partial charge in [-0.15, -0.1) is 0 Å². The number of rotatable bonds is 40. The van der Waals surface area contributed by atoms with E-state index in [4.69, 9.17) is 28.4 Å². The summed E-state index contributed by atoms with van der Waals surface area (Å²) in [6.45, 7) is 3.26. The number of ether oxygens (including phenoxy) is 6. The average Bonchev–Trinajstić information content (AvgIpc) is 3.37. The number of carbonyl (C=O) groups excluding carboxylic acids is 1. The van der Waals surface area contributed by atoms with Gasteiger partial charge in [-0.3, -0.25) is 4.79 Å². The minimum absolute atomic E-state index is 0.0111. The Morgan fingerprint density at radius 2 is 0.873 bits per heavy atom. The number of unbranched alkanes of at least 4 members (excludes halogenated alkanes) is 8. The number of hydrogen-bond acceptors (Lipinski definition) is 14. The van der Waals surface area contributed by atoms with Gasteiger partial charge in [0.1, 0.15) is 54.9 Å². The molecule has 71 heavy (non-hydrogen) atoms. The van der Waals surface area contributed by atoms with Gasteiger partial charge < -0.3 is 64.2 Å². The van der Waals surface area contributed by atoms with E-state index in [1.165, 1.54) is 6.42 Å². The maximum absolute atomic E-state index is 13.0. The van der Waals surface area contributed by atoms with Crippen molar-refractivity contribution in [3.63, 3.8) is 0 Å². The third-order valence-electron chi connectivity index (χ3n) is 11.8. The first-order valence-corrected chi connectivity index (χ1v) is 26.5. The first-order chi connectivity index (χ1) is 34.6. The summed E-state index contributed by atoms with van der Waals surface area (Å²) in [6, 6.07) is 0. The molecular weight excluding hydrogens is 909 g/mol. The van der Waals surface area contributed by atoms with Crippen LogP contribution in [-0.2, 0) is 33.2 Å². The molecule has 2 heterocycles. The molecule has 0 aliphatic carbocycles. The Morgan fingerprint density at radius 1 is 0.465 bits per heavy atom. The van der Waals surface area contributed by atoms with Crippen molar-refractivity contribution in [2.45, 2.75) is 210 Å². The van der Waals surface area contributed by atoms with Gasteiger partial charge in [-0.05, 0) is 89.9 Å². The maximum Gasteiger partial charge on any atom is 0.306 e. The van der Waals surface area contributed by atoms with E-state index in [9.17, 15) is 40.5 Å². The Bertz CT molecular complexity index is 1580. The molecule has 2 rings (SSSR count). The van der Waals surface area contributed by atoms with E-state index in [0.717, 1.165) is 109 Å². The Hall–Kier alpha value is -3.35. The van der Waals surface area contributed by atoms with Gasteiger partial charge in [0.25, 0.3) is 0 Å². The highest BCUT2D eigenvalue weighted by atomic mass is 16.7. The third-order valence-corrected chi connectivity index (χ3v) is 11.8. The van der Waals surface area contributed by atoms with Gasteiger partial charge in [0.15, 0.2) is 12.6 Å². The van der Waals surface area contributed by atoms with Gasteiger partial charge in [-0.1, -0.05) is 155 Å². The molecule has 7 N–H and O–H groups in total. The highest BCUT2D eigenvalue weighted by Crippen LogP contribution is 2.26. The molecule has 0 radical (unpaired) electrons. The largest absolute Gasteiger partial charge is 0.457 e. The summed E-state index contributed by atoms with van der Waals surface area (Å²) in [5.74, 6) is -0.412. The van der Waals surface area contributed by atoms with Crippen LogP contribution in [-0.4, -0.2) is 142 Å². The standard InChI is InChI=1S/C57H92O14/c1-3-5-7-9-11-13-15-17-19-20-21-22-23-24-25-26-27-28-30-32-34-36-38-40-49(59)69-46(43-66-41-39-37-35-33-31-29-18-16-14-12-10-8-6-4-2)44-67-56-55(65)53(63)51(61)48(71-56)45-68-57-54(64)52(62)50(60)47(42-58)70-57/h5-8,11-14,17-19,21-22,24-25,29,33,35,46-48,50-58,60-65H,3-4,9-10,15-16,20,23,26-28,30-32,34,36-45H2,1-2H3/b7-5-,8-6-,13-11-,14-12-,19-17-,22-21-,25-24-,29-18-,35-33-. The fourth-order valence-corrected chi connectivity index (χ4v) is 7.55. The molecule has 0 bridgehead atoms. The molecule has 11 atom stereocenters. The summed E-state index contributed by atoms with van der Waals surface area (Å²) < 4.78 is 34.2. The summed E-state index contributed by atoms with van der Waals surface area (Å²) in [6.07, 6.45) is 41.6. The van der Waals surface area contributed by atoms with Crippen LogP contribution in [0.5, 0.6) is 0 Å². The van der Waals surface area contributed by atoms with Crippen LogP contribution in [0.4, 0.5) is 0 Å². The molecule has 2 fully saturated rings. The van der Waals surface area contributed by atoms with E-state index in [1.807, 2.05) is 0 Å². The van der Waals surface area contributed by atoms with Crippen LogP contribution in [0.25, 0.3) is 0 Å². The van der Waals surface area contributed by atoms with Gasteiger partial charge in [0.05, 0.1) is 26.4 Å². The Kier molecular flexibility index (Phi) is 38.7. The third kappa shape index (κ3) is 30.4. The van der Waals surface area contributed by atoms with Gasteiger partial charge in [-0.2, -0.15) is 0 Å². The highest BCUT2D eigenvalue weighted by molar-refractivity contribution is 5.69. The molecule has 404 valence electrons. The first kappa shape index (κ1) is 63.8. The number of aliphatic hydroxyl groups excluding tert-OH is 7. The summed E-state index contributed by atoms with van der Waals surface area (Å²) >= 11 is 0. The first-order valence-electron chi connectivity index (χ1n) is 26.5. The number of aliphatic hydroxyl groups is 7. The van der Waals surface area contributed by atoms with Crippen LogP contribution < -0.4 is 0 Å². The van der Waals surface area contributed by atoms with Gasteiger partial charge >= 0.3 is 5.97 Å². The van der Waals surface area contributed by atoms with E-state index in [1.54, 1.807) is 0 Å².